The summed E-state index contributed by atoms with van der Waals surface area (Å²) in [7, 11) is 0. The van der Waals surface area contributed by atoms with Crippen LogP contribution in [-0.2, 0) is 30.9 Å². The molecule has 2 aliphatic rings. The molecule has 0 N–H and O–H groups in total. The summed E-state index contributed by atoms with van der Waals surface area (Å²) in [4.78, 5) is 6.80. The van der Waals surface area contributed by atoms with Crippen LogP contribution in [0.15, 0.2) is 101 Å². The Bertz CT molecular complexity index is 2050. The van der Waals surface area contributed by atoms with Crippen LogP contribution in [0, 0.1) is 18.5 Å². The maximum atomic E-state index is 4.22. The zero-order chi connectivity index (χ0) is 33.8. The third-order valence-corrected chi connectivity index (χ3v) is 11.2. The van der Waals surface area contributed by atoms with Gasteiger partial charge in [-0.05, 0) is 64.4 Å². The van der Waals surface area contributed by atoms with Gasteiger partial charge in [0.05, 0.1) is 16.7 Å². The molecule has 49 heavy (non-hydrogen) atoms. The third-order valence-electron chi connectivity index (χ3n) is 10.1. The predicted molar refractivity (Wildman–Crippen MR) is 199 cm³/mol. The normalized spacial score (nSPS) is 15.2. The number of hydrogen-bond acceptors (Lipinski definition) is 2. The fraction of sp³-hybridized carbons (Fsp3) is 0.318. The van der Waals surface area contributed by atoms with Crippen LogP contribution in [0.2, 0.25) is 0 Å². The van der Waals surface area contributed by atoms with Crippen LogP contribution in [0.1, 0.15) is 102 Å². The molecule has 3 nitrogen and oxygen atoms in total. The van der Waals surface area contributed by atoms with E-state index in [-0.39, 0.29) is 30.9 Å². The van der Waals surface area contributed by atoms with Crippen molar-refractivity contribution in [1.82, 2.24) is 9.55 Å². The molecular weight excluding hydrogens is 795 g/mol. The van der Waals surface area contributed by atoms with E-state index in [1.165, 1.54) is 61.6 Å². The Morgan fingerprint density at radius 2 is 1.51 bits per heavy atom. The molecule has 0 atom stereocenters. The number of para-hydroxylation sites is 1. The minimum atomic E-state index is 0. The van der Waals surface area contributed by atoms with E-state index in [0.29, 0.717) is 11.8 Å². The van der Waals surface area contributed by atoms with Crippen LogP contribution in [-0.4, -0.2) is 9.55 Å². The summed E-state index contributed by atoms with van der Waals surface area (Å²) in [5.41, 5.74) is 12.7. The molecule has 0 unspecified atom stereocenters. The van der Waals surface area contributed by atoms with Gasteiger partial charge in [0.25, 0.3) is 6.33 Å². The maximum Gasteiger partial charge on any atom is 3.00 e. The van der Waals surface area contributed by atoms with Gasteiger partial charge in [-0.2, -0.15) is 29.5 Å². The van der Waals surface area contributed by atoms with Crippen LogP contribution < -0.4 is 4.57 Å². The molecule has 0 amide bonds. The average molecular weight is 840 g/mol. The molecule has 4 aromatic carbocycles. The molecule has 1 aliphatic carbocycles. The standard InChI is InChI=1S/C33H37N2S.C11H8N.Ir/c1-20(2)22-14-23(21(3)4)16-24(15-22)34-19-35-28-17-25-26(33(7,8)13-12-32(25,5)6)18-30(28)36-29-11-9-10-27(34)31(29)35;1-2-6-10(7-3-1)11-8-4-5-9-12-11;/h9-11,14-16,18,20-21H,12-13H2,1-8H3;1-6,8-9H;/q2*-1;+3. The van der Waals surface area contributed by atoms with Crippen molar-refractivity contribution in [2.75, 3.05) is 0 Å². The molecule has 0 fully saturated rings. The van der Waals surface area contributed by atoms with Crippen LogP contribution >= 0.6 is 11.8 Å². The SMILES string of the molecule is CC(C)c1cc(C(C)C)cc(-n2[c-][n+]3c4c(cccc42)Sc2cc4c([c-]c2-3)C(C)(C)CCC4(C)C)c1.[Ir+3].[c-]1ccccc1-c1ccccn1. The van der Waals surface area contributed by atoms with Gasteiger partial charge in [-0.1, -0.05) is 109 Å². The van der Waals surface area contributed by atoms with Gasteiger partial charge in [0, 0.05) is 11.1 Å². The van der Waals surface area contributed by atoms with Crippen LogP contribution in [0.4, 0.5) is 0 Å². The molecule has 5 heteroatoms. The topological polar surface area (TPSA) is 21.7 Å². The fourth-order valence-electron chi connectivity index (χ4n) is 6.92. The summed E-state index contributed by atoms with van der Waals surface area (Å²) in [6.45, 7) is 18.7. The number of rotatable bonds is 4. The first-order chi connectivity index (χ1) is 22.9. The van der Waals surface area contributed by atoms with E-state index in [0.717, 1.165) is 16.9 Å². The van der Waals surface area contributed by atoms with E-state index in [2.05, 4.69) is 130 Å². The summed E-state index contributed by atoms with van der Waals surface area (Å²) in [5, 5.41) is 0. The first kappa shape index (κ1) is 35.3. The second kappa shape index (κ2) is 13.7. The van der Waals surface area contributed by atoms with Gasteiger partial charge in [-0.15, -0.1) is 41.5 Å². The quantitative estimate of drug-likeness (QED) is 0.130. The Morgan fingerprint density at radius 1 is 0.796 bits per heavy atom. The third kappa shape index (κ3) is 6.70. The van der Waals surface area contributed by atoms with Crippen LogP contribution in [0.3, 0.4) is 0 Å². The molecule has 1 aliphatic heterocycles. The van der Waals surface area contributed by atoms with Crippen molar-refractivity contribution in [2.45, 2.75) is 101 Å². The molecule has 2 aromatic heterocycles. The second-order valence-corrected chi connectivity index (χ2v) is 16.3. The van der Waals surface area contributed by atoms with Gasteiger partial charge in [0.15, 0.2) is 0 Å². The second-order valence-electron chi connectivity index (χ2n) is 15.2. The van der Waals surface area contributed by atoms with Crippen LogP contribution in [0.5, 0.6) is 0 Å². The predicted octanol–water partition coefficient (Wildman–Crippen LogP) is 11.1. The minimum absolute atomic E-state index is 0. The van der Waals surface area contributed by atoms with Gasteiger partial charge < -0.3 is 9.55 Å². The molecule has 0 saturated heterocycles. The largest absolute Gasteiger partial charge is 3.00 e. The van der Waals surface area contributed by atoms with E-state index in [1.54, 1.807) is 6.20 Å². The first-order valence-electron chi connectivity index (χ1n) is 17.2. The van der Waals surface area contributed by atoms with E-state index >= 15 is 0 Å². The molecule has 0 bridgehead atoms. The number of pyridine rings is 1. The number of nitrogens with zero attached hydrogens (tertiary/aromatic N) is 3. The Labute approximate surface area is 310 Å². The summed E-state index contributed by atoms with van der Waals surface area (Å²) in [6, 6.07) is 37.0. The Kier molecular flexibility index (Phi) is 9.85. The minimum Gasteiger partial charge on any atom is -0.313 e. The Morgan fingerprint density at radius 3 is 2.16 bits per heavy atom. The Hall–Kier alpha value is -3.50. The summed E-state index contributed by atoms with van der Waals surface area (Å²) in [6.07, 6.45) is 7.97. The van der Waals surface area contributed by atoms with Crippen LogP contribution in [0.25, 0.3) is 33.7 Å². The van der Waals surface area contributed by atoms with Crippen molar-refractivity contribution in [3.8, 4) is 22.6 Å². The van der Waals surface area contributed by atoms with E-state index < -0.39 is 0 Å². The van der Waals surface area contributed by atoms with Crippen molar-refractivity contribution < 1.29 is 24.7 Å². The van der Waals surface area contributed by atoms with Crippen molar-refractivity contribution in [2.24, 2.45) is 0 Å². The number of fused-ring (bicyclic) bond motifs is 3. The average Bonchev–Trinajstić information content (AvgIpc) is 3.48. The molecule has 3 heterocycles. The molecule has 8 rings (SSSR count). The van der Waals surface area contributed by atoms with E-state index in [1.807, 2.05) is 54.2 Å². The van der Waals surface area contributed by atoms with Gasteiger partial charge >= 0.3 is 20.1 Å². The smallest absolute Gasteiger partial charge is 0.313 e. The number of benzene rings is 4. The van der Waals surface area contributed by atoms with E-state index in [9.17, 15) is 0 Å². The van der Waals surface area contributed by atoms with Crippen molar-refractivity contribution in [3.05, 3.63) is 132 Å². The summed E-state index contributed by atoms with van der Waals surface area (Å²) < 4.78 is 4.56. The summed E-state index contributed by atoms with van der Waals surface area (Å²) in [5.74, 6) is 0.953. The maximum absolute atomic E-state index is 4.22. The van der Waals surface area contributed by atoms with Gasteiger partial charge in [-0.25, -0.2) is 0 Å². The van der Waals surface area contributed by atoms with Gasteiger partial charge in [0.1, 0.15) is 0 Å². The van der Waals surface area contributed by atoms with Gasteiger partial charge in [0.2, 0.25) is 0 Å². The number of imidazole rings is 1. The molecule has 0 radical (unpaired) electrons. The zero-order valence-electron chi connectivity index (χ0n) is 29.8. The monoisotopic (exact) mass is 840 g/mol. The molecule has 250 valence electrons. The summed E-state index contributed by atoms with van der Waals surface area (Å²) >= 11 is 1.89. The molecule has 0 saturated carbocycles. The zero-order valence-corrected chi connectivity index (χ0v) is 33.0. The first-order valence-corrected chi connectivity index (χ1v) is 18.1. The van der Waals surface area contributed by atoms with Gasteiger partial charge in [-0.3, -0.25) is 4.57 Å². The van der Waals surface area contributed by atoms with Crippen molar-refractivity contribution >= 4 is 22.8 Å². The van der Waals surface area contributed by atoms with E-state index in [4.69, 9.17) is 0 Å². The number of aromatic nitrogens is 3. The Balaban J connectivity index is 0.000000270. The molecular formula is C44H45IrN3S+. The molecule has 6 aromatic rings. The molecule has 0 spiro atoms. The number of hydrogen-bond donors (Lipinski definition) is 0. The fourth-order valence-corrected chi connectivity index (χ4v) is 8.02. The van der Waals surface area contributed by atoms with Crippen molar-refractivity contribution in [3.63, 3.8) is 0 Å². The van der Waals surface area contributed by atoms with Crippen molar-refractivity contribution in [1.29, 1.82) is 0 Å².